The second-order valence-electron chi connectivity index (χ2n) is 14.8. The molecule has 0 atom stereocenters. The molecule has 0 saturated carbocycles. The number of fused-ring (bicyclic) bond motifs is 5. The van der Waals surface area contributed by atoms with Gasteiger partial charge in [0, 0.05) is 26.3 Å². The van der Waals surface area contributed by atoms with Gasteiger partial charge in [0.25, 0.3) is 11.6 Å². The normalized spacial score (nSPS) is 17.4. The average molecular weight is 763 g/mol. The number of thiophene rings is 2. The second-order valence-corrected chi connectivity index (χ2v) is 16.9. The number of rotatable bonds is 16. The molecule has 4 nitrogen and oxygen atoms in total. The highest BCUT2D eigenvalue weighted by atomic mass is 32.1. The summed E-state index contributed by atoms with van der Waals surface area (Å²) in [5.74, 6) is -13.8. The Hall–Kier alpha value is -3.76. The minimum Gasteiger partial charge on any atom is -0.287 e. The summed E-state index contributed by atoms with van der Waals surface area (Å²) in [7, 11) is 0. The average Bonchev–Trinajstić information content (AvgIpc) is 3.91. The zero-order valence-corrected chi connectivity index (χ0v) is 31.6. The zero-order valence-electron chi connectivity index (χ0n) is 30.0. The molecule has 0 aliphatic heterocycles. The summed E-state index contributed by atoms with van der Waals surface area (Å²) in [4.78, 5) is 50.6. The minimum absolute atomic E-state index is 0.202. The van der Waals surface area contributed by atoms with Crippen LogP contribution in [0.4, 0.5) is 17.6 Å². The van der Waals surface area contributed by atoms with E-state index in [0.29, 0.717) is 9.75 Å². The van der Waals surface area contributed by atoms with Crippen molar-refractivity contribution in [2.75, 3.05) is 0 Å². The Morgan fingerprint density at radius 2 is 0.849 bits per heavy atom. The van der Waals surface area contributed by atoms with Gasteiger partial charge in [0.05, 0.1) is 9.75 Å². The lowest BCUT2D eigenvalue weighted by Crippen LogP contribution is -2.30. The summed E-state index contributed by atoms with van der Waals surface area (Å²) in [6.07, 6.45) is 15.1. The fourth-order valence-corrected chi connectivity index (χ4v) is 10.7. The number of alkyl halides is 4. The summed E-state index contributed by atoms with van der Waals surface area (Å²) < 4.78 is 57.1. The van der Waals surface area contributed by atoms with Crippen LogP contribution in [0.15, 0.2) is 48.5 Å². The zero-order chi connectivity index (χ0) is 37.7. The quantitative estimate of drug-likeness (QED) is 0.0647. The lowest BCUT2D eigenvalue weighted by atomic mass is 9.70. The van der Waals surface area contributed by atoms with E-state index in [1.165, 1.54) is 37.8 Å². The molecule has 0 radical (unpaired) electrons. The van der Waals surface area contributed by atoms with E-state index >= 15 is 0 Å². The van der Waals surface area contributed by atoms with Gasteiger partial charge in [-0.25, -0.2) is 0 Å². The molecule has 0 N–H and O–H groups in total. The molecular weight excluding hydrogens is 721 g/mol. The van der Waals surface area contributed by atoms with Crippen molar-refractivity contribution in [1.29, 1.82) is 0 Å². The molecule has 278 valence electrons. The molecular formula is C43H42F4O4S2. The van der Waals surface area contributed by atoms with Crippen molar-refractivity contribution < 1.29 is 36.7 Å². The van der Waals surface area contributed by atoms with Crippen LogP contribution >= 0.6 is 22.7 Å². The van der Waals surface area contributed by atoms with E-state index in [2.05, 4.69) is 26.0 Å². The highest BCUT2D eigenvalue weighted by Gasteiger charge is 2.57. The third kappa shape index (κ3) is 6.27. The molecule has 3 aliphatic carbocycles. The van der Waals surface area contributed by atoms with Crippen LogP contribution in [0.5, 0.6) is 0 Å². The molecule has 0 saturated heterocycles. The topological polar surface area (TPSA) is 68.3 Å². The van der Waals surface area contributed by atoms with Gasteiger partial charge in [0.15, 0.2) is 0 Å². The summed E-state index contributed by atoms with van der Waals surface area (Å²) in [5.41, 5.74) is 4.95. The first-order valence-corrected chi connectivity index (χ1v) is 20.5. The predicted octanol–water partition coefficient (Wildman–Crippen LogP) is 12.9. The van der Waals surface area contributed by atoms with Gasteiger partial charge in [0.1, 0.15) is 0 Å². The number of carbonyl (C=O) groups excluding carboxylic acids is 4. The van der Waals surface area contributed by atoms with E-state index in [4.69, 9.17) is 0 Å². The molecule has 10 heteroatoms. The van der Waals surface area contributed by atoms with Gasteiger partial charge in [-0.15, -0.1) is 22.7 Å². The second kappa shape index (κ2) is 14.5. The molecule has 0 unspecified atom stereocenters. The van der Waals surface area contributed by atoms with Gasteiger partial charge in [-0.05, 0) is 70.5 Å². The summed E-state index contributed by atoms with van der Waals surface area (Å²) >= 11 is 1.86. The third-order valence-corrected chi connectivity index (χ3v) is 13.7. The number of ketones is 4. The van der Waals surface area contributed by atoms with Crippen LogP contribution in [0.2, 0.25) is 0 Å². The molecule has 0 fully saturated rings. The number of benzene rings is 2. The van der Waals surface area contributed by atoms with Crippen LogP contribution in [0.1, 0.15) is 155 Å². The van der Waals surface area contributed by atoms with Crippen molar-refractivity contribution >= 4 is 45.8 Å². The highest BCUT2D eigenvalue weighted by molar-refractivity contribution is 7.18. The number of hydrogen-bond acceptors (Lipinski definition) is 6. The van der Waals surface area contributed by atoms with E-state index in [-0.39, 0.29) is 20.9 Å². The maximum Gasteiger partial charge on any atom is 0.372 e. The van der Waals surface area contributed by atoms with Crippen molar-refractivity contribution in [1.82, 2.24) is 0 Å². The Morgan fingerprint density at radius 3 is 1.23 bits per heavy atom. The predicted molar refractivity (Wildman–Crippen MR) is 202 cm³/mol. The number of unbranched alkanes of at least 4 members (excludes halogenated alkanes) is 10. The molecule has 0 bridgehead atoms. The van der Waals surface area contributed by atoms with E-state index in [1.54, 1.807) is 0 Å². The SMILES string of the molecule is CCCCCCCCC1(CCCCCCCC)c2cc(-c3cc4c(s3)C(=O)C(F)(F)C4=O)ccc2-c2ccc(-c3cc4c(s3)C(=O)C(F)(F)C4=O)cc21. The first-order chi connectivity index (χ1) is 25.4. The molecule has 7 rings (SSSR count). The summed E-state index contributed by atoms with van der Waals surface area (Å²) in [6, 6.07) is 15.0. The van der Waals surface area contributed by atoms with Crippen LogP contribution in [0.25, 0.3) is 32.0 Å². The summed E-state index contributed by atoms with van der Waals surface area (Å²) in [6.45, 7) is 4.38. The molecule has 4 aromatic rings. The monoisotopic (exact) mass is 762 g/mol. The number of carbonyl (C=O) groups is 4. The minimum atomic E-state index is -4.02. The Labute approximate surface area is 315 Å². The Balaban J connectivity index is 1.31. The lowest BCUT2D eigenvalue weighted by molar-refractivity contribution is 0.0187. The molecule has 53 heavy (non-hydrogen) atoms. The maximum atomic E-state index is 14.3. The van der Waals surface area contributed by atoms with Crippen molar-refractivity contribution in [2.24, 2.45) is 0 Å². The highest BCUT2D eigenvalue weighted by Crippen LogP contribution is 2.57. The molecule has 0 amide bonds. The van der Waals surface area contributed by atoms with Crippen LogP contribution in [-0.2, 0) is 5.41 Å². The molecule has 2 heterocycles. The first kappa shape index (κ1) is 37.6. The van der Waals surface area contributed by atoms with Crippen molar-refractivity contribution in [3.63, 3.8) is 0 Å². The fraction of sp³-hybridized carbons (Fsp3) is 0.442. The van der Waals surface area contributed by atoms with E-state index in [9.17, 15) is 36.7 Å². The van der Waals surface area contributed by atoms with Crippen LogP contribution in [0, 0.1) is 0 Å². The van der Waals surface area contributed by atoms with Crippen LogP contribution in [-0.4, -0.2) is 35.0 Å². The Kier molecular flexibility index (Phi) is 10.3. The van der Waals surface area contributed by atoms with Gasteiger partial charge in [-0.3, -0.25) is 19.2 Å². The van der Waals surface area contributed by atoms with Gasteiger partial charge in [0.2, 0.25) is 11.6 Å². The van der Waals surface area contributed by atoms with Crippen LogP contribution in [0.3, 0.4) is 0 Å². The number of halogens is 4. The van der Waals surface area contributed by atoms with Crippen molar-refractivity contribution in [3.05, 3.63) is 80.5 Å². The van der Waals surface area contributed by atoms with E-state index in [0.717, 1.165) is 120 Å². The third-order valence-electron chi connectivity index (χ3n) is 11.4. The van der Waals surface area contributed by atoms with Gasteiger partial charge in [-0.1, -0.05) is 115 Å². The first-order valence-electron chi connectivity index (χ1n) is 18.9. The van der Waals surface area contributed by atoms with Crippen LogP contribution < -0.4 is 0 Å². The lowest BCUT2D eigenvalue weighted by Gasteiger charge is -2.33. The standard InChI is InChI=1S/C43H42F4O4S2/c1-3-5-7-9-11-13-19-41(20-14-12-10-8-6-4-2)31-21-25(33-23-29-35(52-33)39(50)42(44,45)37(29)48)15-17-27(31)28-18-16-26(22-32(28)41)34-24-30-36(53-34)40(51)43(46,47)38(30)49/h15-18,21-24H,3-14,19-20H2,1-2H3. The fourth-order valence-electron chi connectivity index (χ4n) is 8.45. The van der Waals surface area contributed by atoms with E-state index < -0.39 is 40.4 Å². The van der Waals surface area contributed by atoms with Crippen molar-refractivity contribution in [2.45, 2.75) is 121 Å². The van der Waals surface area contributed by atoms with E-state index in [1.807, 2.05) is 24.3 Å². The Bertz CT molecular complexity index is 1900. The molecule has 0 spiro atoms. The molecule has 2 aromatic carbocycles. The van der Waals surface area contributed by atoms with Gasteiger partial charge >= 0.3 is 11.8 Å². The molecule has 2 aromatic heterocycles. The van der Waals surface area contributed by atoms with Gasteiger partial charge in [-0.2, -0.15) is 17.6 Å². The Morgan fingerprint density at radius 1 is 0.472 bits per heavy atom. The van der Waals surface area contributed by atoms with Gasteiger partial charge < -0.3 is 0 Å². The number of Topliss-reactive ketones (excluding diaryl/α,β-unsaturated/α-hetero) is 4. The van der Waals surface area contributed by atoms with Crippen molar-refractivity contribution in [3.8, 4) is 32.0 Å². The largest absolute Gasteiger partial charge is 0.372 e. The summed E-state index contributed by atoms with van der Waals surface area (Å²) in [5, 5.41) is 0. The smallest absolute Gasteiger partial charge is 0.287 e. The molecule has 3 aliphatic rings. The number of hydrogen-bond donors (Lipinski definition) is 0. The maximum absolute atomic E-state index is 14.3.